The first-order valence-electron chi connectivity index (χ1n) is 8.04. The fourth-order valence-corrected chi connectivity index (χ4v) is 3.20. The molecule has 25 heavy (non-hydrogen) atoms. The molecule has 0 saturated carbocycles. The molecule has 128 valence electrons. The van der Waals surface area contributed by atoms with Gasteiger partial charge in [0.1, 0.15) is 5.82 Å². The molecule has 1 aromatic heterocycles. The molecule has 2 aromatic carbocycles. The van der Waals surface area contributed by atoms with Crippen LogP contribution in [0.25, 0.3) is 16.9 Å². The summed E-state index contributed by atoms with van der Waals surface area (Å²) in [6.07, 6.45) is -3.62. The van der Waals surface area contributed by atoms with E-state index in [0.717, 1.165) is 41.7 Å². The molecular weight excluding hydrogens is 327 g/mol. The van der Waals surface area contributed by atoms with Gasteiger partial charge in [-0.25, -0.2) is 4.68 Å². The lowest BCUT2D eigenvalue weighted by atomic mass is 10.0. The van der Waals surface area contributed by atoms with E-state index in [2.05, 4.69) is 10.4 Å². The largest absolute Gasteiger partial charge is 0.416 e. The second-order valence-electron chi connectivity index (χ2n) is 6.18. The molecule has 0 unspecified atom stereocenters. The van der Waals surface area contributed by atoms with Crippen LogP contribution in [-0.2, 0) is 12.6 Å². The zero-order valence-electron chi connectivity index (χ0n) is 13.6. The van der Waals surface area contributed by atoms with E-state index in [-0.39, 0.29) is 0 Å². The Morgan fingerprint density at radius 1 is 1.08 bits per heavy atom. The molecule has 1 N–H and O–H groups in total. The molecule has 0 radical (unpaired) electrons. The topological polar surface area (TPSA) is 29.9 Å². The summed E-state index contributed by atoms with van der Waals surface area (Å²) in [4.78, 5) is 0. The predicted octanol–water partition coefficient (Wildman–Crippen LogP) is 4.83. The number of aryl methyl sites for hydroxylation is 1. The van der Waals surface area contributed by atoms with Gasteiger partial charge >= 0.3 is 6.18 Å². The van der Waals surface area contributed by atoms with Crippen molar-refractivity contribution in [1.82, 2.24) is 9.78 Å². The van der Waals surface area contributed by atoms with Gasteiger partial charge in [0.05, 0.1) is 16.9 Å². The van der Waals surface area contributed by atoms with Crippen LogP contribution in [0.4, 0.5) is 19.0 Å². The Labute approximate surface area is 143 Å². The van der Waals surface area contributed by atoms with Crippen LogP contribution in [0.5, 0.6) is 0 Å². The van der Waals surface area contributed by atoms with Crippen molar-refractivity contribution < 1.29 is 13.2 Å². The van der Waals surface area contributed by atoms with Gasteiger partial charge in [0, 0.05) is 17.7 Å². The zero-order chi connectivity index (χ0) is 17.6. The second-order valence-corrected chi connectivity index (χ2v) is 6.18. The van der Waals surface area contributed by atoms with Crippen molar-refractivity contribution in [1.29, 1.82) is 0 Å². The average Bonchev–Trinajstić information content (AvgIpc) is 3.16. The molecular formula is C19H16F3N3. The van der Waals surface area contributed by atoms with Gasteiger partial charge in [-0.15, -0.1) is 0 Å². The number of nitrogens with one attached hydrogen (secondary N) is 1. The highest BCUT2D eigenvalue weighted by atomic mass is 19.4. The zero-order valence-corrected chi connectivity index (χ0v) is 13.6. The third-order valence-electron chi connectivity index (χ3n) is 4.36. The van der Waals surface area contributed by atoms with Crippen LogP contribution in [-0.4, -0.2) is 16.3 Å². The molecule has 0 amide bonds. The van der Waals surface area contributed by atoms with Crippen molar-refractivity contribution in [2.75, 3.05) is 11.9 Å². The van der Waals surface area contributed by atoms with Gasteiger partial charge in [0.2, 0.25) is 0 Å². The molecule has 0 aliphatic carbocycles. The van der Waals surface area contributed by atoms with Gasteiger partial charge in [-0.05, 0) is 43.2 Å². The summed E-state index contributed by atoms with van der Waals surface area (Å²) in [5, 5.41) is 7.92. The predicted molar refractivity (Wildman–Crippen MR) is 90.9 cm³/mol. The van der Waals surface area contributed by atoms with Crippen LogP contribution in [0.15, 0.2) is 48.5 Å². The van der Waals surface area contributed by atoms with Crippen LogP contribution < -0.4 is 5.32 Å². The number of benzene rings is 2. The molecule has 6 heteroatoms. The highest BCUT2D eigenvalue weighted by Gasteiger charge is 2.31. The summed E-state index contributed by atoms with van der Waals surface area (Å²) >= 11 is 0. The van der Waals surface area contributed by atoms with E-state index in [1.165, 1.54) is 12.1 Å². The maximum atomic E-state index is 13.0. The SMILES string of the molecule is Cc1cccc(-n2nc(-c3cccc(C(F)(F)F)c3)c3c2NCC3)c1. The minimum absolute atomic E-state index is 0.487. The van der Waals surface area contributed by atoms with E-state index in [0.29, 0.717) is 11.3 Å². The van der Waals surface area contributed by atoms with Gasteiger partial charge in [0.15, 0.2) is 0 Å². The van der Waals surface area contributed by atoms with Gasteiger partial charge in [-0.2, -0.15) is 18.3 Å². The first kappa shape index (κ1) is 15.7. The van der Waals surface area contributed by atoms with Gasteiger partial charge in [-0.1, -0.05) is 24.3 Å². The Morgan fingerprint density at radius 2 is 1.88 bits per heavy atom. The lowest BCUT2D eigenvalue weighted by molar-refractivity contribution is -0.137. The molecule has 4 rings (SSSR count). The standard InChI is InChI=1S/C19H16F3N3/c1-12-4-2-7-15(10-12)25-18-16(8-9-23-18)17(24-25)13-5-3-6-14(11-13)19(20,21)22/h2-7,10-11,23H,8-9H2,1H3. The number of anilines is 1. The minimum Gasteiger partial charge on any atom is -0.369 e. The van der Waals surface area contributed by atoms with E-state index in [4.69, 9.17) is 0 Å². The number of aromatic nitrogens is 2. The summed E-state index contributed by atoms with van der Waals surface area (Å²) in [5.74, 6) is 0.859. The summed E-state index contributed by atoms with van der Waals surface area (Å²) in [5.41, 5.74) is 3.38. The number of halogens is 3. The number of alkyl halides is 3. The van der Waals surface area contributed by atoms with E-state index >= 15 is 0 Å². The van der Waals surface area contributed by atoms with Crippen LogP contribution in [0.3, 0.4) is 0 Å². The fourth-order valence-electron chi connectivity index (χ4n) is 3.20. The molecule has 0 bridgehead atoms. The normalized spacial score (nSPS) is 13.6. The quantitative estimate of drug-likeness (QED) is 0.722. The van der Waals surface area contributed by atoms with Crippen molar-refractivity contribution in [3.63, 3.8) is 0 Å². The summed E-state index contributed by atoms with van der Waals surface area (Å²) in [7, 11) is 0. The maximum absolute atomic E-state index is 13.0. The number of fused-ring (bicyclic) bond motifs is 1. The number of hydrogen-bond acceptors (Lipinski definition) is 2. The van der Waals surface area contributed by atoms with Gasteiger partial charge in [0.25, 0.3) is 0 Å². The maximum Gasteiger partial charge on any atom is 0.416 e. The lowest BCUT2D eigenvalue weighted by Gasteiger charge is -2.08. The van der Waals surface area contributed by atoms with Crippen LogP contribution in [0, 0.1) is 6.92 Å². The van der Waals surface area contributed by atoms with Crippen molar-refractivity contribution >= 4 is 5.82 Å². The van der Waals surface area contributed by atoms with Gasteiger partial charge < -0.3 is 5.32 Å². The molecule has 0 fully saturated rings. The minimum atomic E-state index is -4.36. The summed E-state index contributed by atoms with van der Waals surface area (Å²) in [6.45, 7) is 2.75. The Kier molecular flexibility index (Phi) is 3.56. The fraction of sp³-hybridized carbons (Fsp3) is 0.211. The third kappa shape index (κ3) is 2.77. The number of hydrogen-bond donors (Lipinski definition) is 1. The Balaban J connectivity index is 1.86. The van der Waals surface area contributed by atoms with Crippen molar-refractivity contribution in [2.45, 2.75) is 19.5 Å². The second kappa shape index (κ2) is 5.65. The summed E-state index contributed by atoms with van der Waals surface area (Å²) in [6, 6.07) is 13.2. The molecule has 1 aliphatic rings. The smallest absolute Gasteiger partial charge is 0.369 e. The highest BCUT2D eigenvalue weighted by Crippen LogP contribution is 2.37. The first-order chi connectivity index (χ1) is 11.9. The van der Waals surface area contributed by atoms with E-state index in [9.17, 15) is 13.2 Å². The Bertz CT molecular complexity index is 941. The Morgan fingerprint density at radius 3 is 2.64 bits per heavy atom. The number of nitrogens with zero attached hydrogens (tertiary/aromatic N) is 2. The first-order valence-corrected chi connectivity index (χ1v) is 8.04. The van der Waals surface area contributed by atoms with Crippen molar-refractivity contribution in [3.8, 4) is 16.9 Å². The molecule has 0 spiro atoms. The van der Waals surface area contributed by atoms with Crippen molar-refractivity contribution in [3.05, 3.63) is 65.2 Å². The molecule has 0 atom stereocenters. The van der Waals surface area contributed by atoms with Crippen LogP contribution >= 0.6 is 0 Å². The lowest BCUT2D eigenvalue weighted by Crippen LogP contribution is -2.05. The molecule has 3 aromatic rings. The molecule has 1 aliphatic heterocycles. The van der Waals surface area contributed by atoms with E-state index < -0.39 is 11.7 Å². The van der Waals surface area contributed by atoms with Crippen molar-refractivity contribution in [2.24, 2.45) is 0 Å². The number of rotatable bonds is 2. The van der Waals surface area contributed by atoms with E-state index in [1.54, 1.807) is 10.7 Å². The monoisotopic (exact) mass is 343 g/mol. The highest BCUT2D eigenvalue weighted by molar-refractivity contribution is 5.73. The Hall–Kier alpha value is -2.76. The molecule has 0 saturated heterocycles. The summed E-state index contributed by atoms with van der Waals surface area (Å²) < 4.78 is 40.9. The molecule has 2 heterocycles. The third-order valence-corrected chi connectivity index (χ3v) is 4.36. The van der Waals surface area contributed by atoms with Crippen LogP contribution in [0.1, 0.15) is 16.7 Å². The average molecular weight is 343 g/mol. The van der Waals surface area contributed by atoms with Gasteiger partial charge in [-0.3, -0.25) is 0 Å². The van der Waals surface area contributed by atoms with Crippen LogP contribution in [0.2, 0.25) is 0 Å². The van der Waals surface area contributed by atoms with E-state index in [1.807, 2.05) is 31.2 Å². The molecule has 3 nitrogen and oxygen atoms in total.